The molecular weight excluding hydrogens is 360 g/mol. The average Bonchev–Trinajstić information content (AvgIpc) is 2.37. The molecular formula is C10H11ClN2O7S2. The molecule has 1 aromatic rings. The van der Waals surface area contributed by atoms with Gasteiger partial charge < -0.3 is 5.11 Å². The van der Waals surface area contributed by atoms with Crippen molar-refractivity contribution in [3.8, 4) is 5.75 Å². The Morgan fingerprint density at radius 2 is 1.82 bits per heavy atom. The highest BCUT2D eigenvalue weighted by Crippen LogP contribution is 2.39. The van der Waals surface area contributed by atoms with E-state index < -0.39 is 41.1 Å². The molecule has 0 bridgehead atoms. The Morgan fingerprint density at radius 1 is 1.27 bits per heavy atom. The maximum absolute atomic E-state index is 12.5. The Kier molecular flexibility index (Phi) is 4.35. The SMILES string of the molecule is O=[N+]([O-])c1ccc(Cl)c(S(=O)(=O)N2CCS(=O)(=O)CC2)c1O. The van der Waals surface area contributed by atoms with E-state index >= 15 is 0 Å². The maximum Gasteiger partial charge on any atom is 0.312 e. The molecule has 1 saturated heterocycles. The first-order valence-electron chi connectivity index (χ1n) is 5.93. The van der Waals surface area contributed by atoms with Crippen LogP contribution in [0.2, 0.25) is 5.02 Å². The number of benzene rings is 1. The second kappa shape index (κ2) is 5.65. The largest absolute Gasteiger partial charge is 0.501 e. The summed E-state index contributed by atoms with van der Waals surface area (Å²) in [6.07, 6.45) is 0. The van der Waals surface area contributed by atoms with Crippen LogP contribution < -0.4 is 0 Å². The van der Waals surface area contributed by atoms with E-state index in [0.29, 0.717) is 0 Å². The van der Waals surface area contributed by atoms with Crippen LogP contribution >= 0.6 is 11.6 Å². The minimum atomic E-state index is -4.35. The molecule has 1 aromatic carbocycles. The zero-order valence-electron chi connectivity index (χ0n) is 11.0. The molecule has 0 aromatic heterocycles. The normalized spacial score (nSPS) is 19.0. The fourth-order valence-corrected chi connectivity index (χ4v) is 5.46. The lowest BCUT2D eigenvalue weighted by molar-refractivity contribution is -0.386. The van der Waals surface area contributed by atoms with Gasteiger partial charge in [0.2, 0.25) is 15.8 Å². The number of rotatable bonds is 3. The number of nitro groups is 1. The highest BCUT2D eigenvalue weighted by molar-refractivity contribution is 7.92. The van der Waals surface area contributed by atoms with E-state index in [1.807, 2.05) is 0 Å². The molecule has 0 saturated carbocycles. The van der Waals surface area contributed by atoms with Gasteiger partial charge in [0.05, 0.1) is 21.5 Å². The zero-order valence-corrected chi connectivity index (χ0v) is 13.4. The molecule has 12 heteroatoms. The highest BCUT2D eigenvalue weighted by Gasteiger charge is 2.36. The van der Waals surface area contributed by atoms with Gasteiger partial charge in [0, 0.05) is 19.2 Å². The Bertz CT molecular complexity index is 821. The molecule has 1 heterocycles. The number of sulfonamides is 1. The van der Waals surface area contributed by atoms with E-state index in [9.17, 15) is 32.1 Å². The number of aromatic hydroxyl groups is 1. The summed E-state index contributed by atoms with van der Waals surface area (Å²) in [6.45, 7) is -0.605. The smallest absolute Gasteiger partial charge is 0.312 e. The van der Waals surface area contributed by atoms with Gasteiger partial charge in [-0.1, -0.05) is 11.6 Å². The van der Waals surface area contributed by atoms with Gasteiger partial charge in [0.1, 0.15) is 4.90 Å². The molecule has 9 nitrogen and oxygen atoms in total. The lowest BCUT2D eigenvalue weighted by Crippen LogP contribution is -2.43. The maximum atomic E-state index is 12.5. The molecule has 0 amide bonds. The van der Waals surface area contributed by atoms with Gasteiger partial charge in [0.25, 0.3) is 0 Å². The van der Waals surface area contributed by atoms with E-state index in [2.05, 4.69) is 0 Å². The predicted molar refractivity (Wildman–Crippen MR) is 77.2 cm³/mol. The second-order valence-electron chi connectivity index (χ2n) is 4.56. The first-order chi connectivity index (χ1) is 10.1. The lowest BCUT2D eigenvalue weighted by Gasteiger charge is -2.26. The molecule has 22 heavy (non-hydrogen) atoms. The lowest BCUT2D eigenvalue weighted by atomic mass is 10.3. The summed E-state index contributed by atoms with van der Waals surface area (Å²) in [6, 6.07) is 1.88. The van der Waals surface area contributed by atoms with Crippen molar-refractivity contribution in [2.45, 2.75) is 4.90 Å². The summed E-state index contributed by atoms with van der Waals surface area (Å²) in [5.74, 6) is -1.79. The van der Waals surface area contributed by atoms with Crippen LogP contribution in [0.3, 0.4) is 0 Å². The van der Waals surface area contributed by atoms with Crippen molar-refractivity contribution >= 4 is 37.1 Å². The van der Waals surface area contributed by atoms with Crippen molar-refractivity contribution in [2.24, 2.45) is 0 Å². The van der Waals surface area contributed by atoms with Gasteiger partial charge >= 0.3 is 5.69 Å². The molecule has 0 radical (unpaired) electrons. The number of sulfone groups is 1. The van der Waals surface area contributed by atoms with E-state index in [0.717, 1.165) is 16.4 Å². The quantitative estimate of drug-likeness (QED) is 0.599. The number of phenols is 1. The third kappa shape index (κ3) is 3.02. The molecule has 0 aliphatic carbocycles. The van der Waals surface area contributed by atoms with E-state index in [4.69, 9.17) is 11.6 Å². The number of hydrogen-bond acceptors (Lipinski definition) is 7. The zero-order chi connectivity index (χ0) is 16.7. The fraction of sp³-hybridized carbons (Fsp3) is 0.400. The molecule has 1 N–H and O–H groups in total. The molecule has 0 atom stereocenters. The third-order valence-corrected chi connectivity index (χ3v) is 7.17. The van der Waals surface area contributed by atoms with E-state index in [1.54, 1.807) is 0 Å². The van der Waals surface area contributed by atoms with Crippen molar-refractivity contribution in [2.75, 3.05) is 24.6 Å². The van der Waals surface area contributed by atoms with Crippen LogP contribution in [0.4, 0.5) is 5.69 Å². The Labute approximate surface area is 131 Å². The molecule has 122 valence electrons. The van der Waals surface area contributed by atoms with Crippen LogP contribution in [0.15, 0.2) is 17.0 Å². The van der Waals surface area contributed by atoms with Crippen molar-refractivity contribution < 1.29 is 26.9 Å². The minimum absolute atomic E-state index is 0.302. The number of phenolic OH excluding ortho intramolecular Hbond substituents is 1. The minimum Gasteiger partial charge on any atom is -0.501 e. The molecule has 1 aliphatic heterocycles. The van der Waals surface area contributed by atoms with Crippen LogP contribution in [0.5, 0.6) is 5.75 Å². The van der Waals surface area contributed by atoms with E-state index in [1.165, 1.54) is 0 Å². The Balaban J connectivity index is 2.51. The standard InChI is InChI=1S/C10H11ClN2O7S2/c11-7-1-2-8(13(15)16)9(14)10(7)22(19,20)12-3-5-21(17,18)6-4-12/h1-2,14H,3-6H2. The van der Waals surface area contributed by atoms with Crippen LogP contribution in [-0.2, 0) is 19.9 Å². The monoisotopic (exact) mass is 370 g/mol. The Morgan fingerprint density at radius 3 is 2.32 bits per heavy atom. The Hall–Kier alpha value is -1.43. The number of nitro benzene ring substituents is 1. The van der Waals surface area contributed by atoms with Gasteiger partial charge in [-0.2, -0.15) is 4.31 Å². The van der Waals surface area contributed by atoms with Gasteiger partial charge in [0.15, 0.2) is 9.84 Å². The van der Waals surface area contributed by atoms with Crippen molar-refractivity contribution in [3.63, 3.8) is 0 Å². The third-order valence-electron chi connectivity index (χ3n) is 3.16. The molecule has 0 spiro atoms. The van der Waals surface area contributed by atoms with Crippen molar-refractivity contribution in [1.29, 1.82) is 0 Å². The number of nitrogens with zero attached hydrogens (tertiary/aromatic N) is 2. The summed E-state index contributed by atoms with van der Waals surface area (Å²) in [7, 11) is -7.66. The van der Waals surface area contributed by atoms with E-state index in [-0.39, 0.29) is 29.6 Å². The van der Waals surface area contributed by atoms with Crippen LogP contribution in [0, 0.1) is 10.1 Å². The number of hydrogen-bond donors (Lipinski definition) is 1. The van der Waals surface area contributed by atoms with Crippen LogP contribution in [0.25, 0.3) is 0 Å². The average molecular weight is 371 g/mol. The summed E-state index contributed by atoms with van der Waals surface area (Å²) >= 11 is 5.76. The number of halogens is 1. The van der Waals surface area contributed by atoms with Crippen molar-refractivity contribution in [3.05, 3.63) is 27.3 Å². The van der Waals surface area contributed by atoms with Gasteiger partial charge in [-0.25, -0.2) is 16.8 Å². The summed E-state index contributed by atoms with van der Waals surface area (Å²) in [5.41, 5.74) is -0.799. The first-order valence-corrected chi connectivity index (χ1v) is 9.56. The topological polar surface area (TPSA) is 135 Å². The predicted octanol–water partition coefficient (Wildman–Crippen LogP) is 0.373. The van der Waals surface area contributed by atoms with Gasteiger partial charge in [-0.05, 0) is 6.07 Å². The van der Waals surface area contributed by atoms with Gasteiger partial charge in [-0.15, -0.1) is 0 Å². The second-order valence-corrected chi connectivity index (χ2v) is 9.14. The summed E-state index contributed by atoms with van der Waals surface area (Å²) in [5, 5.41) is 20.3. The van der Waals surface area contributed by atoms with Gasteiger partial charge in [-0.3, -0.25) is 10.1 Å². The van der Waals surface area contributed by atoms with Crippen LogP contribution in [-0.4, -0.2) is 55.8 Å². The molecule has 1 fully saturated rings. The highest BCUT2D eigenvalue weighted by atomic mass is 35.5. The fourth-order valence-electron chi connectivity index (χ4n) is 1.99. The summed E-state index contributed by atoms with van der Waals surface area (Å²) in [4.78, 5) is 9.06. The molecule has 2 rings (SSSR count). The van der Waals surface area contributed by atoms with Crippen molar-refractivity contribution in [1.82, 2.24) is 4.31 Å². The van der Waals surface area contributed by atoms with Crippen LogP contribution in [0.1, 0.15) is 0 Å². The molecule has 1 aliphatic rings. The first kappa shape index (κ1) is 16.9. The summed E-state index contributed by atoms with van der Waals surface area (Å²) < 4.78 is 48.5. The molecule has 0 unspecified atom stereocenters.